The molecule has 0 aliphatic carbocycles. The van der Waals surface area contributed by atoms with Gasteiger partial charge in [-0.15, -0.1) is 0 Å². The third kappa shape index (κ3) is 3.57. The van der Waals surface area contributed by atoms with E-state index < -0.39 is 0 Å². The summed E-state index contributed by atoms with van der Waals surface area (Å²) in [5.74, 6) is -0.123. The van der Waals surface area contributed by atoms with Crippen LogP contribution in [0.2, 0.25) is 0 Å². The number of fused-ring (bicyclic) bond motifs is 1. The van der Waals surface area contributed by atoms with Crippen LogP contribution in [-0.2, 0) is 17.8 Å². The topological polar surface area (TPSA) is 107 Å². The Kier molecular flexibility index (Phi) is 5.25. The smallest absolute Gasteiger partial charge is 0.288 e. The lowest BCUT2D eigenvalue weighted by Crippen LogP contribution is -2.29. The van der Waals surface area contributed by atoms with Crippen molar-refractivity contribution in [2.45, 2.75) is 45.8 Å². The maximum atomic E-state index is 12.3. The highest BCUT2D eigenvalue weighted by Gasteiger charge is 2.21. The largest absolute Gasteiger partial charge is 0.438 e. The van der Waals surface area contributed by atoms with Crippen LogP contribution in [0.3, 0.4) is 0 Å². The minimum Gasteiger partial charge on any atom is -0.438 e. The minimum absolute atomic E-state index is 0.185. The molecule has 148 valence electrons. The van der Waals surface area contributed by atoms with E-state index in [1.165, 1.54) is 12.6 Å². The van der Waals surface area contributed by atoms with Crippen molar-refractivity contribution in [1.29, 1.82) is 0 Å². The predicted octanol–water partition coefficient (Wildman–Crippen LogP) is 2.27. The summed E-state index contributed by atoms with van der Waals surface area (Å²) < 4.78 is 12.4. The maximum absolute atomic E-state index is 12.3. The zero-order valence-corrected chi connectivity index (χ0v) is 16.1. The molecule has 28 heavy (non-hydrogen) atoms. The molecule has 0 spiro atoms. The summed E-state index contributed by atoms with van der Waals surface area (Å²) >= 11 is 0. The summed E-state index contributed by atoms with van der Waals surface area (Å²) in [5.41, 5.74) is 3.63. The van der Waals surface area contributed by atoms with Crippen LogP contribution in [0.15, 0.2) is 23.2 Å². The number of hydrogen-bond donors (Lipinski definition) is 2. The van der Waals surface area contributed by atoms with Gasteiger partial charge in [-0.3, -0.25) is 4.79 Å². The molecule has 9 heteroatoms. The van der Waals surface area contributed by atoms with Gasteiger partial charge in [-0.05, 0) is 26.7 Å². The first kappa shape index (κ1) is 18.4. The molecule has 1 aliphatic rings. The monoisotopic (exact) mass is 384 g/mol. The number of oxazole rings is 1. The number of nitrogens with one attached hydrogen (secondary N) is 2. The highest BCUT2D eigenvalue weighted by atomic mass is 16.5. The molecule has 1 aliphatic heterocycles. The fourth-order valence-electron chi connectivity index (χ4n) is 3.49. The van der Waals surface area contributed by atoms with Crippen LogP contribution in [0.5, 0.6) is 0 Å². The van der Waals surface area contributed by atoms with E-state index in [0.717, 1.165) is 60.6 Å². The number of carbonyl (C=O) groups excluding carboxylic acids is 1. The highest BCUT2D eigenvalue weighted by Crippen LogP contribution is 2.30. The van der Waals surface area contributed by atoms with E-state index in [9.17, 15) is 4.79 Å². The van der Waals surface area contributed by atoms with Gasteiger partial charge in [0.15, 0.2) is 12.0 Å². The number of carbonyl (C=O) groups is 1. The van der Waals surface area contributed by atoms with E-state index in [0.29, 0.717) is 12.6 Å². The van der Waals surface area contributed by atoms with Crippen molar-refractivity contribution in [3.63, 3.8) is 0 Å². The number of ether oxygens (including phenoxy) is 1. The lowest BCUT2D eigenvalue weighted by molar-refractivity contribution is 0.0904. The maximum Gasteiger partial charge on any atom is 0.288 e. The first-order valence-electron chi connectivity index (χ1n) is 9.53. The van der Waals surface area contributed by atoms with Gasteiger partial charge in [0, 0.05) is 43.6 Å². The number of aromatic nitrogens is 4. The number of aryl methyl sites for hydroxylation is 2. The van der Waals surface area contributed by atoms with Gasteiger partial charge in [0.05, 0.1) is 23.5 Å². The van der Waals surface area contributed by atoms with E-state index in [4.69, 9.17) is 14.1 Å². The molecular weight excluding hydrogens is 360 g/mol. The van der Waals surface area contributed by atoms with Gasteiger partial charge in [-0.1, -0.05) is 0 Å². The van der Waals surface area contributed by atoms with Gasteiger partial charge in [-0.2, -0.15) is 5.10 Å². The van der Waals surface area contributed by atoms with Crippen LogP contribution in [-0.4, -0.2) is 44.9 Å². The predicted molar refractivity (Wildman–Crippen MR) is 103 cm³/mol. The molecule has 0 unspecified atom stereocenters. The molecule has 3 aromatic rings. The van der Waals surface area contributed by atoms with Crippen molar-refractivity contribution in [2.75, 3.05) is 18.5 Å². The molecule has 0 aromatic carbocycles. The van der Waals surface area contributed by atoms with Crippen molar-refractivity contribution in [3.05, 3.63) is 35.8 Å². The Balaban J connectivity index is 1.67. The number of rotatable bonds is 6. The third-order valence-electron chi connectivity index (χ3n) is 5.04. The van der Waals surface area contributed by atoms with Crippen molar-refractivity contribution in [3.8, 4) is 0 Å². The number of anilines is 1. The van der Waals surface area contributed by atoms with E-state index in [1.54, 1.807) is 0 Å². The van der Waals surface area contributed by atoms with Gasteiger partial charge in [0.2, 0.25) is 5.76 Å². The number of hydrogen-bond acceptors (Lipinski definition) is 7. The SMILES string of the molecule is CCn1ncc2c(NC3CCOCC3)c(CNC(=O)c3cnco3)c(C)nc21. The summed E-state index contributed by atoms with van der Waals surface area (Å²) in [6.07, 6.45) is 6.36. The molecule has 9 nitrogen and oxygen atoms in total. The van der Waals surface area contributed by atoms with Crippen LogP contribution in [0.25, 0.3) is 11.0 Å². The normalized spacial score (nSPS) is 15.1. The molecule has 2 N–H and O–H groups in total. The van der Waals surface area contributed by atoms with Crippen LogP contribution < -0.4 is 10.6 Å². The second-order valence-electron chi connectivity index (χ2n) is 6.83. The second kappa shape index (κ2) is 7.97. The van der Waals surface area contributed by atoms with Crippen LogP contribution in [0, 0.1) is 6.92 Å². The van der Waals surface area contributed by atoms with Crippen LogP contribution >= 0.6 is 0 Å². The van der Waals surface area contributed by atoms with Crippen molar-refractivity contribution in [1.82, 2.24) is 25.1 Å². The van der Waals surface area contributed by atoms with Crippen LogP contribution in [0.1, 0.15) is 41.6 Å². The van der Waals surface area contributed by atoms with Gasteiger partial charge in [-0.25, -0.2) is 14.6 Å². The first-order chi connectivity index (χ1) is 13.7. The summed E-state index contributed by atoms with van der Waals surface area (Å²) in [6, 6.07) is 0.312. The molecule has 0 atom stereocenters. The van der Waals surface area contributed by atoms with Crippen molar-refractivity contribution in [2.24, 2.45) is 0 Å². The summed E-state index contributed by atoms with van der Waals surface area (Å²) in [6.45, 7) is 6.57. The Morgan fingerprint density at radius 1 is 1.32 bits per heavy atom. The molecule has 0 radical (unpaired) electrons. The van der Waals surface area contributed by atoms with E-state index in [-0.39, 0.29) is 11.7 Å². The van der Waals surface area contributed by atoms with E-state index in [1.807, 2.05) is 24.7 Å². The third-order valence-corrected chi connectivity index (χ3v) is 5.04. The van der Waals surface area contributed by atoms with Gasteiger partial charge in [0.25, 0.3) is 5.91 Å². The average molecular weight is 384 g/mol. The van der Waals surface area contributed by atoms with Crippen molar-refractivity contribution >= 4 is 22.6 Å². The molecule has 3 aromatic heterocycles. The Hall–Kier alpha value is -2.94. The molecule has 0 bridgehead atoms. The van der Waals surface area contributed by atoms with Crippen molar-refractivity contribution < 1.29 is 13.9 Å². The molecular formula is C19H24N6O3. The zero-order chi connectivity index (χ0) is 19.5. The standard InChI is InChI=1S/C19H24N6O3/c1-3-25-18-15(9-22-25)17(24-13-4-6-27-7-5-13)14(12(2)23-18)8-21-19(26)16-10-20-11-28-16/h9-11,13H,3-8H2,1-2H3,(H,21,26)(H,23,24). The number of nitrogens with zero attached hydrogens (tertiary/aromatic N) is 4. The molecule has 1 amide bonds. The molecule has 1 fully saturated rings. The zero-order valence-electron chi connectivity index (χ0n) is 16.1. The Morgan fingerprint density at radius 3 is 2.86 bits per heavy atom. The molecule has 1 saturated heterocycles. The summed E-state index contributed by atoms with van der Waals surface area (Å²) in [7, 11) is 0. The summed E-state index contributed by atoms with van der Waals surface area (Å²) in [4.78, 5) is 20.8. The molecule has 0 saturated carbocycles. The van der Waals surface area contributed by atoms with Gasteiger partial charge in [0.1, 0.15) is 0 Å². The Labute approximate surface area is 162 Å². The second-order valence-corrected chi connectivity index (χ2v) is 6.83. The molecule has 4 heterocycles. The first-order valence-corrected chi connectivity index (χ1v) is 9.53. The van der Waals surface area contributed by atoms with Crippen LogP contribution in [0.4, 0.5) is 5.69 Å². The van der Waals surface area contributed by atoms with Gasteiger partial charge >= 0.3 is 0 Å². The Morgan fingerprint density at radius 2 is 2.14 bits per heavy atom. The number of amides is 1. The molecule has 4 rings (SSSR count). The quantitative estimate of drug-likeness (QED) is 0.671. The van der Waals surface area contributed by atoms with E-state index in [2.05, 4.69) is 20.7 Å². The number of pyridine rings is 1. The highest BCUT2D eigenvalue weighted by molar-refractivity contribution is 5.93. The average Bonchev–Trinajstić information content (AvgIpc) is 3.38. The fourth-order valence-corrected chi connectivity index (χ4v) is 3.49. The van der Waals surface area contributed by atoms with Gasteiger partial charge < -0.3 is 19.8 Å². The lowest BCUT2D eigenvalue weighted by Gasteiger charge is -2.26. The fraction of sp³-hybridized carbons (Fsp3) is 0.474. The summed E-state index contributed by atoms with van der Waals surface area (Å²) in [5, 5.41) is 12.0. The van der Waals surface area contributed by atoms with E-state index >= 15 is 0 Å². The Bertz CT molecular complexity index is 960. The lowest BCUT2D eigenvalue weighted by atomic mass is 10.0. The minimum atomic E-state index is -0.307.